The van der Waals surface area contributed by atoms with Gasteiger partial charge in [-0.1, -0.05) is 38.1 Å². The fourth-order valence-corrected chi connectivity index (χ4v) is 1.96. The van der Waals surface area contributed by atoms with Crippen molar-refractivity contribution in [3.05, 3.63) is 35.4 Å². The monoisotopic (exact) mass is 251 g/mol. The summed E-state index contributed by atoms with van der Waals surface area (Å²) in [6.07, 6.45) is 2.14. The van der Waals surface area contributed by atoms with Crippen LogP contribution in [0.1, 0.15) is 37.4 Å². The lowest BCUT2D eigenvalue weighted by molar-refractivity contribution is 0.0925. The molecule has 1 aromatic rings. The molecule has 0 saturated heterocycles. The van der Waals surface area contributed by atoms with Gasteiger partial charge in [0.25, 0.3) is 0 Å². The molecule has 0 bridgehead atoms. The van der Waals surface area contributed by atoms with E-state index in [9.17, 15) is 0 Å². The zero-order valence-corrected chi connectivity index (χ0v) is 11.5. The van der Waals surface area contributed by atoms with Gasteiger partial charge in [0, 0.05) is 12.6 Å². The number of ether oxygens (including phenoxy) is 1. The highest BCUT2D eigenvalue weighted by atomic mass is 16.5. The average Bonchev–Trinajstić information content (AvgIpc) is 2.43. The van der Waals surface area contributed by atoms with Crippen molar-refractivity contribution in [2.24, 2.45) is 0 Å². The minimum absolute atomic E-state index is 0.0929. The van der Waals surface area contributed by atoms with Crippen molar-refractivity contribution < 1.29 is 9.84 Å². The molecule has 2 N–H and O–H groups in total. The molecule has 0 fully saturated rings. The Labute approximate surface area is 110 Å². The summed E-state index contributed by atoms with van der Waals surface area (Å²) in [5.74, 6) is 0. The smallest absolute Gasteiger partial charge is 0.0698 e. The second-order valence-corrected chi connectivity index (χ2v) is 4.35. The predicted octanol–water partition coefficient (Wildman–Crippen LogP) is 2.30. The molecule has 0 aliphatic rings. The van der Waals surface area contributed by atoms with E-state index in [0.717, 1.165) is 19.4 Å². The summed E-state index contributed by atoms with van der Waals surface area (Å²) in [5.41, 5.74) is 2.71. The first kappa shape index (κ1) is 15.2. The molecule has 0 amide bonds. The van der Waals surface area contributed by atoms with Gasteiger partial charge in [-0.05, 0) is 24.0 Å². The van der Waals surface area contributed by atoms with Gasteiger partial charge in [-0.25, -0.2) is 0 Å². The largest absolute Gasteiger partial charge is 0.394 e. The van der Waals surface area contributed by atoms with Crippen molar-refractivity contribution in [2.75, 3.05) is 26.4 Å². The fourth-order valence-electron chi connectivity index (χ4n) is 1.96. The van der Waals surface area contributed by atoms with Crippen molar-refractivity contribution in [3.8, 4) is 0 Å². The van der Waals surface area contributed by atoms with Gasteiger partial charge in [-0.3, -0.25) is 0 Å². The van der Waals surface area contributed by atoms with Crippen LogP contribution >= 0.6 is 0 Å². The van der Waals surface area contributed by atoms with E-state index in [0.29, 0.717) is 19.3 Å². The molecule has 1 unspecified atom stereocenters. The summed E-state index contributed by atoms with van der Waals surface area (Å²) in [7, 11) is 0. The van der Waals surface area contributed by atoms with Crippen LogP contribution in [0.3, 0.4) is 0 Å². The molecule has 1 aromatic carbocycles. The maximum Gasteiger partial charge on any atom is 0.0698 e. The summed E-state index contributed by atoms with van der Waals surface area (Å²) in [4.78, 5) is 0. The molecule has 0 aliphatic carbocycles. The number of aliphatic hydroxyl groups excluding tert-OH is 1. The van der Waals surface area contributed by atoms with Crippen molar-refractivity contribution >= 4 is 0 Å². The second kappa shape index (κ2) is 9.09. The number of benzene rings is 1. The van der Waals surface area contributed by atoms with Gasteiger partial charge in [0.05, 0.1) is 19.8 Å². The summed E-state index contributed by atoms with van der Waals surface area (Å²) in [6.45, 7) is 6.32. The molecular weight excluding hydrogens is 226 g/mol. The van der Waals surface area contributed by atoms with Gasteiger partial charge in [0.1, 0.15) is 0 Å². The van der Waals surface area contributed by atoms with Crippen molar-refractivity contribution in [1.82, 2.24) is 5.32 Å². The highest BCUT2D eigenvalue weighted by Crippen LogP contribution is 2.17. The Morgan fingerprint density at radius 3 is 2.44 bits per heavy atom. The Morgan fingerprint density at radius 2 is 1.89 bits per heavy atom. The average molecular weight is 251 g/mol. The molecule has 3 nitrogen and oxygen atoms in total. The van der Waals surface area contributed by atoms with Gasteiger partial charge < -0.3 is 15.2 Å². The van der Waals surface area contributed by atoms with Gasteiger partial charge >= 0.3 is 0 Å². The maximum absolute atomic E-state index is 8.60. The summed E-state index contributed by atoms with van der Waals surface area (Å²) in [6, 6.07) is 9.18. The molecule has 0 heterocycles. The minimum Gasteiger partial charge on any atom is -0.394 e. The van der Waals surface area contributed by atoms with E-state index >= 15 is 0 Å². The van der Waals surface area contributed by atoms with Gasteiger partial charge in [-0.15, -0.1) is 0 Å². The lowest BCUT2D eigenvalue weighted by Gasteiger charge is -2.17. The molecular formula is C15H25NO2. The SMILES string of the molecule is CCc1ccc(C(CC)NCCOCCO)cc1. The lowest BCUT2D eigenvalue weighted by Crippen LogP contribution is -2.25. The van der Waals surface area contributed by atoms with Crippen LogP contribution in [0.2, 0.25) is 0 Å². The van der Waals surface area contributed by atoms with Crippen LogP contribution in [0.15, 0.2) is 24.3 Å². The highest BCUT2D eigenvalue weighted by Gasteiger charge is 2.07. The normalized spacial score (nSPS) is 12.6. The third-order valence-electron chi connectivity index (χ3n) is 3.07. The first-order chi connectivity index (χ1) is 8.81. The molecule has 18 heavy (non-hydrogen) atoms. The van der Waals surface area contributed by atoms with Crippen LogP contribution in [0.5, 0.6) is 0 Å². The Hall–Kier alpha value is -0.900. The first-order valence-electron chi connectivity index (χ1n) is 6.82. The number of rotatable bonds is 9. The number of aliphatic hydroxyl groups is 1. The van der Waals surface area contributed by atoms with E-state index in [1.165, 1.54) is 11.1 Å². The summed E-state index contributed by atoms with van der Waals surface area (Å²) < 4.78 is 5.24. The molecule has 0 saturated carbocycles. The second-order valence-electron chi connectivity index (χ2n) is 4.35. The van der Waals surface area contributed by atoms with E-state index in [1.807, 2.05) is 0 Å². The Bertz CT molecular complexity index is 311. The molecule has 0 spiro atoms. The zero-order valence-electron chi connectivity index (χ0n) is 11.5. The third kappa shape index (κ3) is 5.17. The maximum atomic E-state index is 8.60. The van der Waals surface area contributed by atoms with E-state index in [2.05, 4.69) is 43.4 Å². The van der Waals surface area contributed by atoms with Gasteiger partial charge in [0.2, 0.25) is 0 Å². The quantitative estimate of drug-likeness (QED) is 0.662. The standard InChI is InChI=1S/C15H25NO2/c1-3-13-5-7-14(8-6-13)15(4-2)16-9-11-18-12-10-17/h5-8,15-17H,3-4,9-12H2,1-2H3. The molecule has 0 aromatic heterocycles. The van der Waals surface area contributed by atoms with Crippen molar-refractivity contribution in [2.45, 2.75) is 32.7 Å². The molecule has 3 heteroatoms. The highest BCUT2D eigenvalue weighted by molar-refractivity contribution is 5.24. The van der Waals surface area contributed by atoms with E-state index in [4.69, 9.17) is 9.84 Å². The van der Waals surface area contributed by atoms with Gasteiger partial charge in [-0.2, -0.15) is 0 Å². The number of hydrogen-bond donors (Lipinski definition) is 2. The Balaban J connectivity index is 2.39. The Kier molecular flexibility index (Phi) is 7.65. The third-order valence-corrected chi connectivity index (χ3v) is 3.07. The van der Waals surface area contributed by atoms with E-state index in [-0.39, 0.29) is 6.61 Å². The van der Waals surface area contributed by atoms with Crippen molar-refractivity contribution in [1.29, 1.82) is 0 Å². The molecule has 1 atom stereocenters. The number of hydrogen-bond acceptors (Lipinski definition) is 3. The minimum atomic E-state index is 0.0929. The molecule has 0 aliphatic heterocycles. The number of aryl methyl sites for hydroxylation is 1. The van der Waals surface area contributed by atoms with Crippen LogP contribution in [0.4, 0.5) is 0 Å². The van der Waals surface area contributed by atoms with E-state index in [1.54, 1.807) is 0 Å². The number of nitrogens with one attached hydrogen (secondary N) is 1. The van der Waals surface area contributed by atoms with E-state index < -0.39 is 0 Å². The van der Waals surface area contributed by atoms with Crippen LogP contribution in [-0.4, -0.2) is 31.5 Å². The first-order valence-corrected chi connectivity index (χ1v) is 6.82. The van der Waals surface area contributed by atoms with Crippen LogP contribution in [0.25, 0.3) is 0 Å². The topological polar surface area (TPSA) is 41.5 Å². The zero-order chi connectivity index (χ0) is 13.2. The molecule has 0 radical (unpaired) electrons. The van der Waals surface area contributed by atoms with Crippen LogP contribution < -0.4 is 5.32 Å². The van der Waals surface area contributed by atoms with Crippen molar-refractivity contribution in [3.63, 3.8) is 0 Å². The van der Waals surface area contributed by atoms with Gasteiger partial charge in [0.15, 0.2) is 0 Å². The molecule has 102 valence electrons. The van der Waals surface area contributed by atoms with Crippen LogP contribution in [0, 0.1) is 0 Å². The summed E-state index contributed by atoms with van der Waals surface area (Å²) in [5, 5.41) is 12.1. The molecule has 1 rings (SSSR count). The summed E-state index contributed by atoms with van der Waals surface area (Å²) >= 11 is 0. The lowest BCUT2D eigenvalue weighted by atomic mass is 10.0. The predicted molar refractivity (Wildman–Crippen MR) is 74.8 cm³/mol. The fraction of sp³-hybridized carbons (Fsp3) is 0.600. The van der Waals surface area contributed by atoms with Crippen LogP contribution in [-0.2, 0) is 11.2 Å². The Morgan fingerprint density at radius 1 is 1.17 bits per heavy atom.